The molecule has 7 heteroatoms. The molecule has 1 aromatic heterocycles. The second-order valence-electron chi connectivity index (χ2n) is 5.29. The zero-order chi connectivity index (χ0) is 16.6. The van der Waals surface area contributed by atoms with E-state index in [9.17, 15) is 9.59 Å². The molecule has 6 nitrogen and oxygen atoms in total. The Morgan fingerprint density at radius 2 is 1.52 bits per heavy atom. The Kier molecular flexibility index (Phi) is 5.81. The first-order chi connectivity index (χ1) is 10.2. The molecule has 1 aromatic carbocycles. The van der Waals surface area contributed by atoms with E-state index in [2.05, 4.69) is 4.98 Å². The van der Waals surface area contributed by atoms with Crippen LogP contribution in [0.2, 0.25) is 0 Å². The Labute approximate surface area is 151 Å². The molecule has 0 aliphatic carbocycles. The first-order valence-corrected chi connectivity index (χ1v) is 6.81. The summed E-state index contributed by atoms with van der Waals surface area (Å²) in [6.07, 6.45) is 0. The van der Waals surface area contributed by atoms with Crippen molar-refractivity contribution in [2.75, 3.05) is 11.5 Å². The van der Waals surface area contributed by atoms with E-state index in [1.807, 2.05) is 6.92 Å². The Hall–Kier alpha value is -2.03. The van der Waals surface area contributed by atoms with E-state index in [1.165, 1.54) is 13.8 Å². The van der Waals surface area contributed by atoms with Gasteiger partial charge in [-0.3, -0.25) is 15.3 Å². The summed E-state index contributed by atoms with van der Waals surface area (Å²) in [5.41, 5.74) is 15.2. The zero-order valence-corrected chi connectivity index (χ0v) is 15.6. The molecule has 0 aliphatic rings. The fraction of sp³-hybridized carbons (Fsp3) is 0.250. The highest BCUT2D eigenvalue weighted by atomic mass is 127. The van der Waals surface area contributed by atoms with Gasteiger partial charge in [-0.05, 0) is 39.0 Å². The third kappa shape index (κ3) is 3.66. The van der Waals surface area contributed by atoms with E-state index in [1.54, 1.807) is 29.8 Å². The van der Waals surface area contributed by atoms with Gasteiger partial charge in [0.15, 0.2) is 17.3 Å². The Morgan fingerprint density at radius 1 is 1.04 bits per heavy atom. The third-order valence-corrected chi connectivity index (χ3v) is 3.74. The highest BCUT2D eigenvalue weighted by Gasteiger charge is 2.20. The molecule has 0 saturated heterocycles. The van der Waals surface area contributed by atoms with Crippen molar-refractivity contribution in [3.05, 3.63) is 35.0 Å². The summed E-state index contributed by atoms with van der Waals surface area (Å²) in [5.74, 6) is 0.0440. The molecule has 4 N–H and O–H groups in total. The summed E-state index contributed by atoms with van der Waals surface area (Å²) in [4.78, 5) is 27.7. The van der Waals surface area contributed by atoms with Gasteiger partial charge in [0, 0.05) is 16.7 Å². The summed E-state index contributed by atoms with van der Waals surface area (Å²) in [6.45, 7) is 4.73. The smallest absolute Gasteiger partial charge is 0.389 e. The second-order valence-corrected chi connectivity index (χ2v) is 5.29. The Morgan fingerprint density at radius 3 is 1.96 bits per heavy atom. The number of nitrogens with zero attached hydrogens (tertiary/aromatic N) is 2. The average molecular weight is 426 g/mol. The van der Waals surface area contributed by atoms with Crippen LogP contribution in [0.4, 0.5) is 11.6 Å². The van der Waals surface area contributed by atoms with Crippen LogP contribution in [0.15, 0.2) is 18.2 Å². The van der Waals surface area contributed by atoms with Crippen LogP contribution in [0.5, 0.6) is 0 Å². The van der Waals surface area contributed by atoms with Crippen LogP contribution in [0.3, 0.4) is 0 Å². The number of anilines is 2. The predicted molar refractivity (Wildman–Crippen MR) is 84.4 cm³/mol. The Bertz CT molecular complexity index is 771. The molecule has 0 unspecified atom stereocenters. The van der Waals surface area contributed by atoms with Gasteiger partial charge in [-0.25, -0.2) is 4.57 Å². The third-order valence-electron chi connectivity index (χ3n) is 3.74. The maximum absolute atomic E-state index is 11.7. The van der Waals surface area contributed by atoms with Gasteiger partial charge >= 0.3 is 5.95 Å². The van der Waals surface area contributed by atoms with Crippen molar-refractivity contribution in [2.24, 2.45) is 7.05 Å². The first-order valence-electron chi connectivity index (χ1n) is 6.81. The largest absolute Gasteiger partial charge is 1.00 e. The lowest BCUT2D eigenvalue weighted by molar-refractivity contribution is -0.664. The number of hydrogen-bond donors (Lipinski definition) is 2. The van der Waals surface area contributed by atoms with Gasteiger partial charge in [0.05, 0.1) is 7.05 Å². The van der Waals surface area contributed by atoms with Crippen molar-refractivity contribution in [2.45, 2.75) is 20.8 Å². The number of nitrogen functional groups attached to an aromatic ring is 2. The van der Waals surface area contributed by atoms with Crippen LogP contribution in [-0.2, 0) is 7.05 Å². The number of halogens is 1. The number of rotatable bonds is 3. The van der Waals surface area contributed by atoms with Crippen molar-refractivity contribution < 1.29 is 38.1 Å². The van der Waals surface area contributed by atoms with Crippen molar-refractivity contribution in [3.63, 3.8) is 0 Å². The van der Waals surface area contributed by atoms with Crippen molar-refractivity contribution in [3.8, 4) is 11.3 Å². The summed E-state index contributed by atoms with van der Waals surface area (Å²) >= 11 is 0. The standard InChI is InChI=1S/C16H18N4O2.HI/c1-8-14(17)15(19-16(18)20(8)4)13-6-11(9(2)21)5-12(7-13)10(3)22;/h5-7,18H,17H2,1-4H3;1H. The summed E-state index contributed by atoms with van der Waals surface area (Å²) in [6, 6.07) is 4.92. The molecular weight excluding hydrogens is 407 g/mol. The van der Waals surface area contributed by atoms with Crippen LogP contribution < -0.4 is 40.0 Å². The van der Waals surface area contributed by atoms with Crippen LogP contribution in [0.1, 0.15) is 40.3 Å². The van der Waals surface area contributed by atoms with E-state index < -0.39 is 0 Å². The fourth-order valence-electron chi connectivity index (χ4n) is 2.16. The molecule has 0 atom stereocenters. The molecule has 0 radical (unpaired) electrons. The van der Waals surface area contributed by atoms with Gasteiger partial charge in [-0.1, -0.05) is 4.98 Å². The SMILES string of the molecule is CC(=O)c1cc(C(C)=O)cc(-c2nc(N)[n+](C)c(C)c2N)c1.[I-]. The molecule has 0 spiro atoms. The van der Waals surface area contributed by atoms with Gasteiger partial charge in [0.25, 0.3) is 0 Å². The first kappa shape index (κ1) is 19.0. The fourth-order valence-corrected chi connectivity index (χ4v) is 2.16. The topological polar surface area (TPSA) is 103 Å². The molecule has 23 heavy (non-hydrogen) atoms. The lowest BCUT2D eigenvalue weighted by Gasteiger charge is -2.10. The van der Waals surface area contributed by atoms with E-state index in [4.69, 9.17) is 11.5 Å². The summed E-state index contributed by atoms with van der Waals surface area (Å²) < 4.78 is 1.68. The minimum Gasteiger partial charge on any atom is -1.00 e. The van der Waals surface area contributed by atoms with Gasteiger partial charge in [0.1, 0.15) is 11.4 Å². The maximum Gasteiger partial charge on any atom is 0.389 e. The lowest BCUT2D eigenvalue weighted by atomic mass is 9.98. The molecule has 0 bridgehead atoms. The summed E-state index contributed by atoms with van der Waals surface area (Å²) in [7, 11) is 1.77. The number of ketones is 2. The number of Topliss-reactive ketones (excluding diaryl/α,β-unsaturated/α-hetero) is 2. The van der Waals surface area contributed by atoms with E-state index in [0.717, 1.165) is 5.69 Å². The molecule has 0 fully saturated rings. The molecule has 0 aliphatic heterocycles. The highest BCUT2D eigenvalue weighted by molar-refractivity contribution is 6.01. The molecule has 0 amide bonds. The van der Waals surface area contributed by atoms with Gasteiger partial charge < -0.3 is 29.7 Å². The minimum absolute atomic E-state index is 0. The number of benzene rings is 1. The van der Waals surface area contributed by atoms with Crippen molar-refractivity contribution in [1.82, 2.24) is 4.98 Å². The van der Waals surface area contributed by atoms with Crippen LogP contribution >= 0.6 is 0 Å². The van der Waals surface area contributed by atoms with Gasteiger partial charge in [-0.15, -0.1) is 0 Å². The highest BCUT2D eigenvalue weighted by Crippen LogP contribution is 2.28. The molecule has 1 heterocycles. The molecule has 122 valence electrons. The van der Waals surface area contributed by atoms with Crippen molar-refractivity contribution >= 4 is 23.2 Å². The molecule has 2 rings (SSSR count). The van der Waals surface area contributed by atoms with E-state index in [0.29, 0.717) is 34.0 Å². The second kappa shape index (κ2) is 7.03. The molecule has 0 saturated carbocycles. The monoisotopic (exact) mass is 426 g/mol. The number of carbonyl (C=O) groups is 2. The summed E-state index contributed by atoms with van der Waals surface area (Å²) in [5, 5.41) is 0. The van der Waals surface area contributed by atoms with E-state index >= 15 is 0 Å². The van der Waals surface area contributed by atoms with Gasteiger partial charge in [0.2, 0.25) is 0 Å². The van der Waals surface area contributed by atoms with Crippen LogP contribution in [0, 0.1) is 6.92 Å². The number of aromatic nitrogens is 2. The van der Waals surface area contributed by atoms with Crippen LogP contribution in [0.25, 0.3) is 11.3 Å². The molecular formula is C16H19IN4O2. The number of nitrogens with two attached hydrogens (primary N) is 2. The zero-order valence-electron chi connectivity index (χ0n) is 13.5. The average Bonchev–Trinajstić information content (AvgIpc) is 2.48. The van der Waals surface area contributed by atoms with Crippen molar-refractivity contribution in [1.29, 1.82) is 0 Å². The van der Waals surface area contributed by atoms with Crippen LogP contribution in [-0.4, -0.2) is 16.6 Å². The minimum atomic E-state index is -0.130. The Balaban J connectivity index is 0.00000264. The maximum atomic E-state index is 11.7. The predicted octanol–water partition coefficient (Wildman–Crippen LogP) is -1.54. The van der Waals surface area contributed by atoms with E-state index in [-0.39, 0.29) is 35.5 Å². The normalized spacial score (nSPS) is 10.1. The van der Waals surface area contributed by atoms with Gasteiger partial charge in [-0.2, -0.15) is 0 Å². The molecule has 2 aromatic rings. The quantitative estimate of drug-likeness (QED) is 0.352. The number of hydrogen-bond acceptors (Lipinski definition) is 5. The lowest BCUT2D eigenvalue weighted by Crippen LogP contribution is -3.00. The number of carbonyl (C=O) groups excluding carboxylic acids is 2.